The van der Waals surface area contributed by atoms with Gasteiger partial charge in [-0.25, -0.2) is 8.78 Å². The van der Waals surface area contributed by atoms with Gasteiger partial charge in [0, 0.05) is 11.6 Å². The van der Waals surface area contributed by atoms with Crippen molar-refractivity contribution < 1.29 is 8.78 Å². The third-order valence-corrected chi connectivity index (χ3v) is 4.25. The Balaban J connectivity index is 1.98. The lowest BCUT2D eigenvalue weighted by atomic mass is 10.0. The number of benzene rings is 1. The number of hydrogen-bond acceptors (Lipinski definition) is 1. The first-order chi connectivity index (χ1) is 7.62. The lowest BCUT2D eigenvalue weighted by molar-refractivity contribution is 0.480. The van der Waals surface area contributed by atoms with E-state index in [1.165, 1.54) is 25.0 Å². The van der Waals surface area contributed by atoms with E-state index in [0.717, 1.165) is 18.9 Å². The van der Waals surface area contributed by atoms with Crippen LogP contribution in [0.3, 0.4) is 0 Å². The molecule has 0 aromatic heterocycles. The van der Waals surface area contributed by atoms with Crippen molar-refractivity contribution in [1.29, 1.82) is 0 Å². The molecule has 2 aliphatic rings. The molecule has 0 spiro atoms. The van der Waals surface area contributed by atoms with E-state index in [4.69, 9.17) is 5.73 Å². The van der Waals surface area contributed by atoms with Crippen LogP contribution in [-0.2, 0) is 5.54 Å². The fourth-order valence-corrected chi connectivity index (χ4v) is 3.40. The number of rotatable bonds is 1. The molecule has 2 saturated carbocycles. The molecule has 86 valence electrons. The lowest BCUT2D eigenvalue weighted by Gasteiger charge is -2.12. The molecular formula is C13H15F2N. The van der Waals surface area contributed by atoms with E-state index < -0.39 is 17.2 Å². The van der Waals surface area contributed by atoms with Crippen LogP contribution in [0.5, 0.6) is 0 Å². The molecule has 2 fully saturated rings. The largest absolute Gasteiger partial charge is 0.321 e. The Morgan fingerprint density at radius 2 is 1.50 bits per heavy atom. The zero-order valence-corrected chi connectivity index (χ0v) is 9.05. The molecule has 2 aliphatic carbocycles. The fourth-order valence-electron chi connectivity index (χ4n) is 3.40. The van der Waals surface area contributed by atoms with Gasteiger partial charge in [-0.2, -0.15) is 0 Å². The number of fused-ring (bicyclic) bond motifs is 1. The molecule has 1 aromatic carbocycles. The van der Waals surface area contributed by atoms with Crippen molar-refractivity contribution in [3.8, 4) is 0 Å². The summed E-state index contributed by atoms with van der Waals surface area (Å²) in [5, 5.41) is 0. The summed E-state index contributed by atoms with van der Waals surface area (Å²) in [6.07, 6.45) is 4.58. The van der Waals surface area contributed by atoms with Gasteiger partial charge in [0.2, 0.25) is 0 Å². The molecule has 2 N–H and O–H groups in total. The maximum Gasteiger partial charge on any atom is 0.126 e. The van der Waals surface area contributed by atoms with Crippen LogP contribution in [-0.4, -0.2) is 0 Å². The number of halogens is 2. The van der Waals surface area contributed by atoms with Crippen LogP contribution in [0.1, 0.15) is 31.2 Å². The Hall–Kier alpha value is -0.960. The molecule has 0 amide bonds. The molecule has 2 atom stereocenters. The summed E-state index contributed by atoms with van der Waals surface area (Å²) in [6.45, 7) is 0. The molecule has 1 aromatic rings. The van der Waals surface area contributed by atoms with Gasteiger partial charge in [-0.05, 0) is 42.4 Å². The van der Waals surface area contributed by atoms with E-state index in [-0.39, 0.29) is 0 Å². The molecule has 0 saturated heterocycles. The predicted molar refractivity (Wildman–Crippen MR) is 57.7 cm³/mol. The van der Waals surface area contributed by atoms with Gasteiger partial charge in [0.05, 0.1) is 0 Å². The van der Waals surface area contributed by atoms with Gasteiger partial charge in [-0.3, -0.25) is 0 Å². The van der Waals surface area contributed by atoms with E-state index >= 15 is 0 Å². The maximum absolute atomic E-state index is 13.2. The predicted octanol–water partition coefficient (Wildman–Crippen LogP) is 2.94. The molecular weight excluding hydrogens is 208 g/mol. The molecule has 16 heavy (non-hydrogen) atoms. The minimum absolute atomic E-state index is 0.433. The molecule has 1 nitrogen and oxygen atoms in total. The first kappa shape index (κ1) is 10.2. The average Bonchev–Trinajstić information content (AvgIpc) is 2.86. The van der Waals surface area contributed by atoms with Crippen LogP contribution >= 0.6 is 0 Å². The van der Waals surface area contributed by atoms with Gasteiger partial charge in [-0.1, -0.05) is 12.8 Å². The van der Waals surface area contributed by atoms with Crippen LogP contribution < -0.4 is 5.73 Å². The van der Waals surface area contributed by atoms with Crippen LogP contribution in [0.4, 0.5) is 8.78 Å². The van der Waals surface area contributed by atoms with Crippen LogP contribution in [0.25, 0.3) is 0 Å². The quantitative estimate of drug-likeness (QED) is 0.778. The van der Waals surface area contributed by atoms with E-state index in [1.54, 1.807) is 0 Å². The minimum atomic E-state index is -0.525. The average molecular weight is 223 g/mol. The Morgan fingerprint density at radius 1 is 1.00 bits per heavy atom. The van der Waals surface area contributed by atoms with Crippen LogP contribution in [0, 0.1) is 23.5 Å². The van der Waals surface area contributed by atoms with E-state index in [0.29, 0.717) is 17.4 Å². The summed E-state index contributed by atoms with van der Waals surface area (Å²) < 4.78 is 26.3. The monoisotopic (exact) mass is 223 g/mol. The van der Waals surface area contributed by atoms with E-state index in [1.807, 2.05) is 0 Å². The van der Waals surface area contributed by atoms with Gasteiger partial charge in [0.25, 0.3) is 0 Å². The summed E-state index contributed by atoms with van der Waals surface area (Å²) in [6, 6.07) is 3.68. The summed E-state index contributed by atoms with van der Waals surface area (Å²) in [7, 11) is 0. The lowest BCUT2D eigenvalue weighted by Crippen LogP contribution is -2.24. The molecule has 2 unspecified atom stereocenters. The third-order valence-electron chi connectivity index (χ3n) is 4.25. The van der Waals surface area contributed by atoms with E-state index in [2.05, 4.69) is 0 Å². The maximum atomic E-state index is 13.2. The third kappa shape index (κ3) is 1.31. The van der Waals surface area contributed by atoms with Gasteiger partial charge in [0.1, 0.15) is 11.6 Å². The summed E-state index contributed by atoms with van der Waals surface area (Å²) in [5.74, 6) is -0.183. The Labute approximate surface area is 93.6 Å². The zero-order chi connectivity index (χ0) is 11.3. The van der Waals surface area contributed by atoms with Crippen molar-refractivity contribution in [1.82, 2.24) is 0 Å². The highest BCUT2D eigenvalue weighted by Gasteiger charge is 2.62. The molecule has 0 aliphatic heterocycles. The summed E-state index contributed by atoms with van der Waals surface area (Å²) in [5.41, 5.74) is 6.50. The highest BCUT2D eigenvalue weighted by molar-refractivity contribution is 5.36. The van der Waals surface area contributed by atoms with Gasteiger partial charge >= 0.3 is 0 Å². The highest BCUT2D eigenvalue weighted by atomic mass is 19.1. The second-order valence-corrected chi connectivity index (χ2v) is 5.09. The standard InChI is InChI=1S/C13H15F2N/c14-9-5-8(6-10(15)7-9)13(16)11-3-1-2-4-12(11)13/h5-7,11-12H,1-4,16H2. The second-order valence-electron chi connectivity index (χ2n) is 5.09. The van der Waals surface area contributed by atoms with Crippen molar-refractivity contribution in [2.45, 2.75) is 31.2 Å². The topological polar surface area (TPSA) is 26.0 Å². The number of nitrogens with two attached hydrogens (primary N) is 1. The number of hydrogen-bond donors (Lipinski definition) is 1. The first-order valence-electron chi connectivity index (χ1n) is 5.88. The molecule has 0 heterocycles. The normalized spacial score (nSPS) is 36.9. The van der Waals surface area contributed by atoms with Gasteiger partial charge in [-0.15, -0.1) is 0 Å². The fraction of sp³-hybridized carbons (Fsp3) is 0.538. The van der Waals surface area contributed by atoms with Gasteiger partial charge < -0.3 is 5.73 Å². The first-order valence-corrected chi connectivity index (χ1v) is 5.88. The van der Waals surface area contributed by atoms with Crippen molar-refractivity contribution >= 4 is 0 Å². The van der Waals surface area contributed by atoms with E-state index in [9.17, 15) is 8.78 Å². The molecule has 0 bridgehead atoms. The molecule has 3 heteroatoms. The van der Waals surface area contributed by atoms with Crippen molar-refractivity contribution in [3.63, 3.8) is 0 Å². The van der Waals surface area contributed by atoms with Crippen molar-refractivity contribution in [2.24, 2.45) is 17.6 Å². The minimum Gasteiger partial charge on any atom is -0.321 e. The zero-order valence-electron chi connectivity index (χ0n) is 9.05. The SMILES string of the molecule is NC1(c2cc(F)cc(F)c2)C2CCCCC21. The summed E-state index contributed by atoms with van der Waals surface area (Å²) in [4.78, 5) is 0. The van der Waals surface area contributed by atoms with Gasteiger partial charge in [0.15, 0.2) is 0 Å². The highest BCUT2D eigenvalue weighted by Crippen LogP contribution is 2.62. The smallest absolute Gasteiger partial charge is 0.126 e. The van der Waals surface area contributed by atoms with Crippen LogP contribution in [0.15, 0.2) is 18.2 Å². The Bertz CT molecular complexity index is 398. The van der Waals surface area contributed by atoms with Crippen LogP contribution in [0.2, 0.25) is 0 Å². The Kier molecular flexibility index (Phi) is 2.08. The molecule has 3 rings (SSSR count). The van der Waals surface area contributed by atoms with Crippen molar-refractivity contribution in [3.05, 3.63) is 35.4 Å². The summed E-state index contributed by atoms with van der Waals surface area (Å²) >= 11 is 0. The molecule has 0 radical (unpaired) electrons. The second kappa shape index (κ2) is 3.27. The Morgan fingerprint density at radius 3 is 2.00 bits per heavy atom. The van der Waals surface area contributed by atoms with Crippen molar-refractivity contribution in [2.75, 3.05) is 0 Å².